The maximum absolute atomic E-state index is 13.6. The molecule has 1 N–H and O–H groups in total. The number of hydrogen-bond donors (Lipinski definition) is 1. The van der Waals surface area contributed by atoms with Crippen molar-refractivity contribution in [1.29, 1.82) is 0 Å². The molecule has 0 atom stereocenters. The minimum absolute atomic E-state index is 0.0744. The second-order valence-electron chi connectivity index (χ2n) is 5.06. The fraction of sp³-hybridized carbons (Fsp3) is 0.312. The van der Waals surface area contributed by atoms with E-state index in [0.717, 1.165) is 37.6 Å². The molecule has 116 valence electrons. The van der Waals surface area contributed by atoms with Crippen LogP contribution in [0.5, 0.6) is 5.75 Å². The number of benzene rings is 1. The molecule has 0 radical (unpaired) electrons. The molecule has 22 heavy (non-hydrogen) atoms. The van der Waals surface area contributed by atoms with E-state index in [9.17, 15) is 8.78 Å². The summed E-state index contributed by atoms with van der Waals surface area (Å²) in [5.41, 5.74) is 0.812. The Morgan fingerprint density at radius 3 is 2.55 bits per heavy atom. The number of ether oxygens (including phenoxy) is 1. The molecule has 4 nitrogen and oxygen atoms in total. The molecule has 1 fully saturated rings. The Balaban J connectivity index is 1.78. The van der Waals surface area contributed by atoms with Crippen LogP contribution < -0.4 is 15.0 Å². The zero-order chi connectivity index (χ0) is 15.4. The lowest BCUT2D eigenvalue weighted by Crippen LogP contribution is -2.44. The van der Waals surface area contributed by atoms with E-state index in [-0.39, 0.29) is 12.4 Å². The van der Waals surface area contributed by atoms with E-state index in [1.54, 1.807) is 12.3 Å². The highest BCUT2D eigenvalue weighted by atomic mass is 19.1. The minimum atomic E-state index is -0.701. The molecule has 0 bridgehead atoms. The monoisotopic (exact) mass is 305 g/mol. The van der Waals surface area contributed by atoms with E-state index in [4.69, 9.17) is 4.74 Å². The lowest BCUT2D eigenvalue weighted by molar-refractivity contribution is 0.274. The Morgan fingerprint density at radius 2 is 1.82 bits per heavy atom. The summed E-state index contributed by atoms with van der Waals surface area (Å²) in [6, 6.07) is 7.33. The van der Waals surface area contributed by atoms with E-state index < -0.39 is 11.6 Å². The number of rotatable bonds is 4. The standard InChI is InChI=1S/C16H17F2N3O/c17-13-4-1-5-14(18)15(13)22-11-12-3-2-6-20-16(12)21-9-7-19-8-10-21/h1-6,19H,7-11H2. The van der Waals surface area contributed by atoms with Crippen LogP contribution in [0, 0.1) is 11.6 Å². The van der Waals surface area contributed by atoms with Crippen LogP contribution in [-0.4, -0.2) is 31.2 Å². The third-order valence-electron chi connectivity index (χ3n) is 3.57. The lowest BCUT2D eigenvalue weighted by atomic mass is 10.2. The molecule has 2 heterocycles. The number of anilines is 1. The molecular weight excluding hydrogens is 288 g/mol. The van der Waals surface area contributed by atoms with Crippen LogP contribution in [0.15, 0.2) is 36.5 Å². The predicted molar refractivity (Wildman–Crippen MR) is 80.0 cm³/mol. The van der Waals surface area contributed by atoms with Crippen LogP contribution in [0.2, 0.25) is 0 Å². The summed E-state index contributed by atoms with van der Waals surface area (Å²) >= 11 is 0. The first-order valence-corrected chi connectivity index (χ1v) is 7.22. The molecule has 0 amide bonds. The number of halogens is 2. The van der Waals surface area contributed by atoms with Gasteiger partial charge >= 0.3 is 0 Å². The number of hydrogen-bond acceptors (Lipinski definition) is 4. The summed E-state index contributed by atoms with van der Waals surface area (Å²) in [6.45, 7) is 3.54. The van der Waals surface area contributed by atoms with Crippen molar-refractivity contribution in [3.05, 3.63) is 53.7 Å². The summed E-state index contributed by atoms with van der Waals surface area (Å²) in [4.78, 5) is 6.54. The molecule has 1 saturated heterocycles. The third-order valence-corrected chi connectivity index (χ3v) is 3.57. The molecular formula is C16H17F2N3O. The highest BCUT2D eigenvalue weighted by Crippen LogP contribution is 2.24. The smallest absolute Gasteiger partial charge is 0.191 e. The first kappa shape index (κ1) is 14.7. The van der Waals surface area contributed by atoms with Crippen LogP contribution in [0.4, 0.5) is 14.6 Å². The first-order valence-electron chi connectivity index (χ1n) is 7.22. The van der Waals surface area contributed by atoms with E-state index in [1.165, 1.54) is 18.2 Å². The normalized spacial score (nSPS) is 14.9. The predicted octanol–water partition coefficient (Wildman–Crippen LogP) is 2.35. The maximum atomic E-state index is 13.6. The topological polar surface area (TPSA) is 37.4 Å². The molecule has 0 aliphatic carbocycles. The SMILES string of the molecule is Fc1cccc(F)c1OCc1cccnc1N1CCNCC1. The summed E-state index contributed by atoms with van der Waals surface area (Å²) in [5.74, 6) is -0.946. The molecule has 0 spiro atoms. The lowest BCUT2D eigenvalue weighted by Gasteiger charge is -2.29. The van der Waals surface area contributed by atoms with Gasteiger partial charge in [0, 0.05) is 37.9 Å². The largest absolute Gasteiger partial charge is 0.483 e. The van der Waals surface area contributed by atoms with Gasteiger partial charge in [0.1, 0.15) is 12.4 Å². The fourth-order valence-electron chi connectivity index (χ4n) is 2.47. The molecule has 0 saturated carbocycles. The van der Waals surface area contributed by atoms with Crippen molar-refractivity contribution in [3.8, 4) is 5.75 Å². The van der Waals surface area contributed by atoms with Crippen molar-refractivity contribution in [2.24, 2.45) is 0 Å². The number of aromatic nitrogens is 1. The first-order chi connectivity index (χ1) is 10.8. The highest BCUT2D eigenvalue weighted by molar-refractivity contribution is 5.47. The molecule has 0 unspecified atom stereocenters. The van der Waals surface area contributed by atoms with Gasteiger partial charge < -0.3 is 15.0 Å². The average molecular weight is 305 g/mol. The van der Waals surface area contributed by atoms with Gasteiger partial charge in [-0.1, -0.05) is 12.1 Å². The zero-order valence-corrected chi connectivity index (χ0v) is 12.1. The van der Waals surface area contributed by atoms with Crippen molar-refractivity contribution in [2.75, 3.05) is 31.1 Å². The Labute approximate surface area is 127 Å². The Bertz CT molecular complexity index is 625. The van der Waals surface area contributed by atoms with Crippen LogP contribution in [0.1, 0.15) is 5.56 Å². The van der Waals surface area contributed by atoms with Crippen molar-refractivity contribution in [1.82, 2.24) is 10.3 Å². The highest BCUT2D eigenvalue weighted by Gasteiger charge is 2.16. The molecule has 3 rings (SSSR count). The number of nitrogens with one attached hydrogen (secondary N) is 1. The Morgan fingerprint density at radius 1 is 1.09 bits per heavy atom. The van der Waals surface area contributed by atoms with Crippen LogP contribution in [-0.2, 0) is 6.61 Å². The molecule has 1 aromatic heterocycles. The molecule has 2 aromatic rings. The van der Waals surface area contributed by atoms with Gasteiger partial charge in [0.25, 0.3) is 0 Å². The fourth-order valence-corrected chi connectivity index (χ4v) is 2.47. The van der Waals surface area contributed by atoms with Crippen LogP contribution in [0.25, 0.3) is 0 Å². The van der Waals surface area contributed by atoms with E-state index in [1.807, 2.05) is 6.07 Å². The molecule has 1 aromatic carbocycles. The second-order valence-corrected chi connectivity index (χ2v) is 5.06. The van der Waals surface area contributed by atoms with Gasteiger partial charge in [-0.25, -0.2) is 13.8 Å². The molecule has 1 aliphatic heterocycles. The van der Waals surface area contributed by atoms with Crippen molar-refractivity contribution in [3.63, 3.8) is 0 Å². The quantitative estimate of drug-likeness (QED) is 0.941. The number of pyridine rings is 1. The Hall–Kier alpha value is -2.21. The molecule has 6 heteroatoms. The summed E-state index contributed by atoms with van der Waals surface area (Å²) < 4.78 is 32.6. The Kier molecular flexibility index (Phi) is 4.48. The average Bonchev–Trinajstić information content (AvgIpc) is 2.56. The van der Waals surface area contributed by atoms with Gasteiger partial charge in [-0.15, -0.1) is 0 Å². The number of piperazine rings is 1. The maximum Gasteiger partial charge on any atom is 0.191 e. The van der Waals surface area contributed by atoms with Gasteiger partial charge in [-0.05, 0) is 18.2 Å². The van der Waals surface area contributed by atoms with Gasteiger partial charge in [0.15, 0.2) is 17.4 Å². The number of para-hydroxylation sites is 1. The summed E-state index contributed by atoms with van der Waals surface area (Å²) in [6.07, 6.45) is 1.71. The summed E-state index contributed by atoms with van der Waals surface area (Å²) in [5, 5.41) is 3.28. The van der Waals surface area contributed by atoms with Gasteiger partial charge in [0.2, 0.25) is 0 Å². The van der Waals surface area contributed by atoms with Crippen molar-refractivity contribution in [2.45, 2.75) is 6.61 Å². The number of nitrogens with zero attached hydrogens (tertiary/aromatic N) is 2. The van der Waals surface area contributed by atoms with Gasteiger partial charge in [0.05, 0.1) is 0 Å². The summed E-state index contributed by atoms with van der Waals surface area (Å²) in [7, 11) is 0. The van der Waals surface area contributed by atoms with Crippen molar-refractivity contribution < 1.29 is 13.5 Å². The van der Waals surface area contributed by atoms with E-state index >= 15 is 0 Å². The second kappa shape index (κ2) is 6.70. The van der Waals surface area contributed by atoms with Crippen LogP contribution >= 0.6 is 0 Å². The van der Waals surface area contributed by atoms with E-state index in [2.05, 4.69) is 15.2 Å². The third kappa shape index (κ3) is 3.17. The van der Waals surface area contributed by atoms with Gasteiger partial charge in [-0.2, -0.15) is 0 Å². The molecule has 1 aliphatic rings. The van der Waals surface area contributed by atoms with E-state index in [0.29, 0.717) is 0 Å². The van der Waals surface area contributed by atoms with Crippen LogP contribution in [0.3, 0.4) is 0 Å². The van der Waals surface area contributed by atoms with Gasteiger partial charge in [-0.3, -0.25) is 0 Å². The van der Waals surface area contributed by atoms with Crippen molar-refractivity contribution >= 4 is 5.82 Å². The zero-order valence-electron chi connectivity index (χ0n) is 12.1. The minimum Gasteiger partial charge on any atom is -0.483 e.